The molecule has 0 aliphatic carbocycles. The van der Waals surface area contributed by atoms with Crippen LogP contribution in [0.15, 0.2) is 0 Å². The molecule has 1 rings (SSSR count). The molecule has 0 spiro atoms. The molecule has 6 heteroatoms. The predicted molar refractivity (Wildman–Crippen MR) is 57.2 cm³/mol. The third kappa shape index (κ3) is 4.17. The van der Waals surface area contributed by atoms with Crippen molar-refractivity contribution in [2.75, 3.05) is 39.4 Å². The van der Waals surface area contributed by atoms with Crippen LogP contribution in [0.3, 0.4) is 0 Å². The minimum absolute atomic E-state index is 0.490. The number of hydrogen-bond donors (Lipinski definition) is 2. The van der Waals surface area contributed by atoms with E-state index >= 15 is 0 Å². The zero-order chi connectivity index (χ0) is 10.4. The number of nitrogens with zero attached hydrogens (tertiary/aromatic N) is 2. The maximum Gasteiger partial charge on any atom is 0.324 e. The minimum atomic E-state index is -0.490. The highest BCUT2D eigenvalue weighted by atomic mass is 32.1. The Morgan fingerprint density at radius 2 is 2.14 bits per heavy atom. The van der Waals surface area contributed by atoms with E-state index in [1.54, 1.807) is 0 Å². The van der Waals surface area contributed by atoms with Crippen molar-refractivity contribution in [1.82, 2.24) is 9.21 Å². The van der Waals surface area contributed by atoms with Gasteiger partial charge >= 0.3 is 6.03 Å². The highest BCUT2D eigenvalue weighted by molar-refractivity contribution is 7.78. The molecule has 1 fully saturated rings. The lowest BCUT2D eigenvalue weighted by molar-refractivity contribution is 0.0371. The molecule has 1 aliphatic rings. The normalized spacial score (nSPS) is 18.1. The standard InChI is InChI=1S/C8H17N3O2S/c9-8(12)11(14)3-1-2-10-4-6-13-7-5-10/h14H,1-7H2,(H2,9,12). The first-order valence-electron chi connectivity index (χ1n) is 4.76. The number of morpholine rings is 1. The van der Waals surface area contributed by atoms with Gasteiger partial charge in [0, 0.05) is 26.2 Å². The van der Waals surface area contributed by atoms with Crippen LogP contribution in [0.5, 0.6) is 0 Å². The molecule has 2 N–H and O–H groups in total. The summed E-state index contributed by atoms with van der Waals surface area (Å²) in [5.74, 6) is 0. The largest absolute Gasteiger partial charge is 0.379 e. The number of carbonyl (C=O) groups excluding carboxylic acids is 1. The topological polar surface area (TPSA) is 58.8 Å². The van der Waals surface area contributed by atoms with Gasteiger partial charge in [-0.25, -0.2) is 4.79 Å². The zero-order valence-electron chi connectivity index (χ0n) is 8.19. The quantitative estimate of drug-likeness (QED) is 0.651. The SMILES string of the molecule is NC(=O)N(S)CCCN1CCOCC1. The molecule has 0 bridgehead atoms. The van der Waals surface area contributed by atoms with Gasteiger partial charge in [-0.1, -0.05) is 12.8 Å². The van der Waals surface area contributed by atoms with Gasteiger partial charge in [0.05, 0.1) is 13.2 Å². The average molecular weight is 219 g/mol. The van der Waals surface area contributed by atoms with Crippen molar-refractivity contribution in [3.63, 3.8) is 0 Å². The highest BCUT2D eigenvalue weighted by Gasteiger charge is 2.10. The van der Waals surface area contributed by atoms with Crippen molar-refractivity contribution in [2.45, 2.75) is 6.42 Å². The third-order valence-electron chi connectivity index (χ3n) is 2.20. The van der Waals surface area contributed by atoms with Gasteiger partial charge in [0.15, 0.2) is 0 Å². The number of carbonyl (C=O) groups is 1. The van der Waals surface area contributed by atoms with Crippen molar-refractivity contribution in [3.8, 4) is 0 Å². The maximum atomic E-state index is 10.6. The lowest BCUT2D eigenvalue weighted by Crippen LogP contribution is -2.38. The molecule has 1 aliphatic heterocycles. The lowest BCUT2D eigenvalue weighted by Gasteiger charge is -2.26. The van der Waals surface area contributed by atoms with Crippen LogP contribution >= 0.6 is 12.8 Å². The Labute approximate surface area is 89.7 Å². The molecular weight excluding hydrogens is 202 g/mol. The fourth-order valence-electron chi connectivity index (χ4n) is 1.38. The average Bonchev–Trinajstić information content (AvgIpc) is 2.19. The number of urea groups is 1. The number of thiol groups is 1. The zero-order valence-corrected chi connectivity index (χ0v) is 9.08. The summed E-state index contributed by atoms with van der Waals surface area (Å²) in [5, 5.41) is 0. The summed E-state index contributed by atoms with van der Waals surface area (Å²) in [6, 6.07) is -0.490. The van der Waals surface area contributed by atoms with Gasteiger partial charge in [0.25, 0.3) is 0 Å². The van der Waals surface area contributed by atoms with E-state index in [4.69, 9.17) is 10.5 Å². The van der Waals surface area contributed by atoms with Gasteiger partial charge in [-0.15, -0.1) is 0 Å². The molecule has 2 amide bonds. The first-order chi connectivity index (χ1) is 6.70. The molecule has 1 saturated heterocycles. The molecule has 0 radical (unpaired) electrons. The summed E-state index contributed by atoms with van der Waals surface area (Å²) in [6.07, 6.45) is 0.895. The Morgan fingerprint density at radius 1 is 1.50 bits per heavy atom. The highest BCUT2D eigenvalue weighted by Crippen LogP contribution is 2.00. The van der Waals surface area contributed by atoms with Crippen molar-refractivity contribution in [2.24, 2.45) is 5.73 Å². The minimum Gasteiger partial charge on any atom is -0.379 e. The summed E-state index contributed by atoms with van der Waals surface area (Å²) in [7, 11) is 0. The van der Waals surface area contributed by atoms with E-state index in [0.29, 0.717) is 6.54 Å². The van der Waals surface area contributed by atoms with Crippen LogP contribution in [0.4, 0.5) is 4.79 Å². The van der Waals surface area contributed by atoms with Crippen LogP contribution in [0, 0.1) is 0 Å². The van der Waals surface area contributed by atoms with Crippen molar-refractivity contribution >= 4 is 18.8 Å². The van der Waals surface area contributed by atoms with E-state index in [0.717, 1.165) is 39.3 Å². The predicted octanol–water partition coefficient (Wildman–Crippen LogP) is -0.0658. The molecular formula is C8H17N3O2S. The number of ether oxygens (including phenoxy) is 1. The lowest BCUT2D eigenvalue weighted by atomic mass is 10.3. The summed E-state index contributed by atoms with van der Waals surface area (Å²) < 4.78 is 6.46. The van der Waals surface area contributed by atoms with Crippen LogP contribution < -0.4 is 5.73 Å². The summed E-state index contributed by atoms with van der Waals surface area (Å²) in [5.41, 5.74) is 5.03. The van der Waals surface area contributed by atoms with Crippen LogP contribution in [0.2, 0.25) is 0 Å². The molecule has 1 heterocycles. The first kappa shape index (κ1) is 11.6. The molecule has 82 valence electrons. The fourth-order valence-corrected chi connectivity index (χ4v) is 1.52. The van der Waals surface area contributed by atoms with Crippen molar-refractivity contribution in [1.29, 1.82) is 0 Å². The molecule has 0 unspecified atom stereocenters. The van der Waals surface area contributed by atoms with Gasteiger partial charge < -0.3 is 10.5 Å². The maximum absolute atomic E-state index is 10.6. The Bertz CT molecular complexity index is 185. The van der Waals surface area contributed by atoms with E-state index in [-0.39, 0.29) is 0 Å². The second kappa shape index (κ2) is 6.10. The second-order valence-electron chi connectivity index (χ2n) is 3.27. The Kier molecular flexibility index (Phi) is 5.06. The number of primary amides is 1. The van der Waals surface area contributed by atoms with Gasteiger partial charge in [-0.3, -0.25) is 9.21 Å². The molecule has 5 nitrogen and oxygen atoms in total. The van der Waals surface area contributed by atoms with Gasteiger partial charge in [0.1, 0.15) is 0 Å². The number of rotatable bonds is 4. The van der Waals surface area contributed by atoms with Crippen LogP contribution in [0.1, 0.15) is 6.42 Å². The van der Waals surface area contributed by atoms with Gasteiger partial charge in [-0.05, 0) is 6.42 Å². The third-order valence-corrected chi connectivity index (χ3v) is 2.60. The van der Waals surface area contributed by atoms with E-state index in [2.05, 4.69) is 17.7 Å². The number of nitrogens with two attached hydrogens (primary N) is 1. The summed E-state index contributed by atoms with van der Waals surface area (Å²) >= 11 is 3.94. The fraction of sp³-hybridized carbons (Fsp3) is 0.875. The summed E-state index contributed by atoms with van der Waals surface area (Å²) in [4.78, 5) is 12.9. The summed E-state index contributed by atoms with van der Waals surface area (Å²) in [6.45, 7) is 5.12. The van der Waals surface area contributed by atoms with Crippen LogP contribution in [0.25, 0.3) is 0 Å². The Morgan fingerprint density at radius 3 is 2.71 bits per heavy atom. The molecule has 14 heavy (non-hydrogen) atoms. The van der Waals surface area contributed by atoms with E-state index in [9.17, 15) is 4.79 Å². The van der Waals surface area contributed by atoms with E-state index in [1.807, 2.05) is 0 Å². The molecule has 0 aromatic heterocycles. The monoisotopic (exact) mass is 219 g/mol. The van der Waals surface area contributed by atoms with Gasteiger partial charge in [0.2, 0.25) is 0 Å². The van der Waals surface area contributed by atoms with Crippen molar-refractivity contribution in [3.05, 3.63) is 0 Å². The Hall–Kier alpha value is -0.460. The molecule has 0 saturated carbocycles. The van der Waals surface area contributed by atoms with E-state index in [1.165, 1.54) is 4.31 Å². The van der Waals surface area contributed by atoms with Crippen molar-refractivity contribution < 1.29 is 9.53 Å². The Balaban J connectivity index is 2.05. The first-order valence-corrected chi connectivity index (χ1v) is 5.16. The second-order valence-corrected chi connectivity index (χ2v) is 3.75. The number of amides is 2. The van der Waals surface area contributed by atoms with Crippen LogP contribution in [-0.4, -0.2) is 54.6 Å². The number of hydrogen-bond acceptors (Lipinski definition) is 4. The van der Waals surface area contributed by atoms with E-state index < -0.39 is 6.03 Å². The molecule has 0 atom stereocenters. The smallest absolute Gasteiger partial charge is 0.324 e. The molecule has 0 aromatic carbocycles. The van der Waals surface area contributed by atoms with Crippen LogP contribution in [-0.2, 0) is 4.74 Å². The molecule has 0 aromatic rings. The van der Waals surface area contributed by atoms with Gasteiger partial charge in [-0.2, -0.15) is 0 Å².